The highest BCUT2D eigenvalue weighted by Crippen LogP contribution is 2.33. The van der Waals surface area contributed by atoms with E-state index in [1.54, 1.807) is 12.1 Å². The maximum absolute atomic E-state index is 12.8. The van der Waals surface area contributed by atoms with Gasteiger partial charge in [0.15, 0.2) is 0 Å². The van der Waals surface area contributed by atoms with E-state index in [-0.39, 0.29) is 18.5 Å². The van der Waals surface area contributed by atoms with Crippen molar-refractivity contribution >= 4 is 22.4 Å². The molecule has 1 aliphatic heterocycles. The van der Waals surface area contributed by atoms with E-state index in [9.17, 15) is 8.42 Å². The summed E-state index contributed by atoms with van der Waals surface area (Å²) in [6, 6.07) is 7.49. The number of sulfonamides is 1. The number of morpholine rings is 1. The number of ether oxygens (including phenoxy) is 1. The average molecular weight is 375 g/mol. The van der Waals surface area contributed by atoms with Crippen LogP contribution in [-0.4, -0.2) is 45.1 Å². The van der Waals surface area contributed by atoms with Gasteiger partial charge in [0, 0.05) is 19.6 Å². The lowest BCUT2D eigenvalue weighted by molar-refractivity contribution is 0.00450. The lowest BCUT2D eigenvalue weighted by atomic mass is 9.84. The molecule has 1 aromatic carbocycles. The van der Waals surface area contributed by atoms with E-state index in [0.717, 1.165) is 0 Å². The fourth-order valence-electron chi connectivity index (χ4n) is 3.55. The minimum Gasteiger partial charge on any atom is -0.374 e. The van der Waals surface area contributed by atoms with E-state index in [1.807, 2.05) is 12.1 Å². The largest absolute Gasteiger partial charge is 0.374 e. The maximum atomic E-state index is 12.8. The van der Waals surface area contributed by atoms with E-state index in [4.69, 9.17) is 10.5 Å². The predicted octanol–water partition coefficient (Wildman–Crippen LogP) is 2.50. The summed E-state index contributed by atoms with van der Waals surface area (Å²) in [5.41, 5.74) is 6.87. The van der Waals surface area contributed by atoms with Gasteiger partial charge in [-0.2, -0.15) is 4.31 Å². The molecule has 1 saturated carbocycles. The third-order valence-electron chi connectivity index (χ3n) is 4.96. The Balaban J connectivity index is 0.00000208. The van der Waals surface area contributed by atoms with Crippen molar-refractivity contribution in [1.82, 2.24) is 4.31 Å². The van der Waals surface area contributed by atoms with Crippen LogP contribution in [0.25, 0.3) is 0 Å². The van der Waals surface area contributed by atoms with Gasteiger partial charge in [0.1, 0.15) is 0 Å². The first kappa shape index (κ1) is 19.7. The van der Waals surface area contributed by atoms with Crippen LogP contribution in [0.5, 0.6) is 0 Å². The van der Waals surface area contributed by atoms with Gasteiger partial charge in [-0.25, -0.2) is 8.42 Å². The molecule has 2 N–H and O–H groups in total. The Bertz CT molecular complexity index is 615. The van der Waals surface area contributed by atoms with Crippen molar-refractivity contribution in [2.24, 2.45) is 5.73 Å². The summed E-state index contributed by atoms with van der Waals surface area (Å²) in [4.78, 5) is 0.370. The van der Waals surface area contributed by atoms with E-state index >= 15 is 0 Å². The van der Waals surface area contributed by atoms with Gasteiger partial charge in [-0.15, -0.1) is 12.4 Å². The Morgan fingerprint density at radius 3 is 2.42 bits per heavy atom. The monoisotopic (exact) mass is 374 g/mol. The molecule has 2 aliphatic rings. The van der Waals surface area contributed by atoms with Gasteiger partial charge in [0.2, 0.25) is 10.0 Å². The Morgan fingerprint density at radius 2 is 1.79 bits per heavy atom. The van der Waals surface area contributed by atoms with Crippen molar-refractivity contribution in [3.63, 3.8) is 0 Å². The number of nitrogens with zero attached hydrogens (tertiary/aromatic N) is 1. The normalized spacial score (nSPS) is 23.6. The van der Waals surface area contributed by atoms with Crippen LogP contribution >= 0.6 is 12.4 Å². The number of rotatable bonds is 4. The van der Waals surface area contributed by atoms with E-state index < -0.39 is 10.0 Å². The van der Waals surface area contributed by atoms with Crippen molar-refractivity contribution < 1.29 is 13.2 Å². The smallest absolute Gasteiger partial charge is 0.243 e. The zero-order chi connectivity index (χ0) is 16.3. The highest BCUT2D eigenvalue weighted by atomic mass is 35.5. The van der Waals surface area contributed by atoms with E-state index in [1.165, 1.54) is 42.0 Å². The zero-order valence-electron chi connectivity index (χ0n) is 13.9. The minimum atomic E-state index is -3.45. The molecular weight excluding hydrogens is 348 g/mol. The molecule has 5 nitrogen and oxygen atoms in total. The first-order valence-corrected chi connectivity index (χ1v) is 9.97. The third kappa shape index (κ3) is 4.29. The summed E-state index contributed by atoms with van der Waals surface area (Å²) in [7, 11) is -3.45. The topological polar surface area (TPSA) is 72.6 Å². The Kier molecular flexibility index (Phi) is 7.07. The molecule has 1 atom stereocenters. The van der Waals surface area contributed by atoms with Crippen LogP contribution < -0.4 is 5.73 Å². The molecule has 1 heterocycles. The van der Waals surface area contributed by atoms with Crippen molar-refractivity contribution in [2.45, 2.75) is 49.0 Å². The van der Waals surface area contributed by atoms with Crippen LogP contribution in [0.3, 0.4) is 0 Å². The summed E-state index contributed by atoms with van der Waals surface area (Å²) in [6.45, 7) is 1.47. The average Bonchev–Trinajstić information content (AvgIpc) is 2.62. The number of hydrogen-bond donors (Lipinski definition) is 1. The zero-order valence-corrected chi connectivity index (χ0v) is 15.5. The predicted molar refractivity (Wildman–Crippen MR) is 97.1 cm³/mol. The molecule has 0 amide bonds. The van der Waals surface area contributed by atoms with Crippen LogP contribution in [0.2, 0.25) is 0 Å². The van der Waals surface area contributed by atoms with Gasteiger partial charge in [-0.05, 0) is 36.5 Å². The SMILES string of the molecule is Cl.NCC1CN(S(=O)(=O)c2ccc(C3CCCCC3)cc2)CCO1. The van der Waals surface area contributed by atoms with Crippen LogP contribution in [0.1, 0.15) is 43.6 Å². The summed E-state index contributed by atoms with van der Waals surface area (Å²) < 4.78 is 32.5. The van der Waals surface area contributed by atoms with Gasteiger partial charge >= 0.3 is 0 Å². The summed E-state index contributed by atoms with van der Waals surface area (Å²) >= 11 is 0. The minimum absolute atomic E-state index is 0. The van der Waals surface area contributed by atoms with Crippen molar-refractivity contribution in [3.8, 4) is 0 Å². The quantitative estimate of drug-likeness (QED) is 0.878. The van der Waals surface area contributed by atoms with Gasteiger partial charge in [0.05, 0.1) is 17.6 Å². The number of nitrogens with two attached hydrogens (primary N) is 1. The molecule has 1 saturated heterocycles. The molecule has 0 bridgehead atoms. The van der Waals surface area contributed by atoms with Gasteiger partial charge in [-0.1, -0.05) is 31.4 Å². The molecule has 0 radical (unpaired) electrons. The van der Waals surface area contributed by atoms with Gasteiger partial charge < -0.3 is 10.5 Å². The first-order chi connectivity index (χ1) is 11.1. The molecule has 1 unspecified atom stereocenters. The second-order valence-electron chi connectivity index (χ2n) is 6.50. The molecule has 7 heteroatoms. The second-order valence-corrected chi connectivity index (χ2v) is 8.43. The van der Waals surface area contributed by atoms with Crippen LogP contribution in [0.15, 0.2) is 29.2 Å². The molecule has 24 heavy (non-hydrogen) atoms. The molecule has 1 aliphatic carbocycles. The Hall–Kier alpha value is -0.660. The van der Waals surface area contributed by atoms with Crippen molar-refractivity contribution in [1.29, 1.82) is 0 Å². The standard InChI is InChI=1S/C17H26N2O3S.ClH/c18-12-16-13-19(10-11-22-16)23(20,21)17-8-6-15(7-9-17)14-4-2-1-3-5-14;/h6-9,14,16H,1-5,10-13,18H2;1H. The van der Waals surface area contributed by atoms with E-state index in [2.05, 4.69) is 0 Å². The van der Waals surface area contributed by atoms with Crippen molar-refractivity contribution in [3.05, 3.63) is 29.8 Å². The molecule has 136 valence electrons. The van der Waals surface area contributed by atoms with Crippen molar-refractivity contribution in [2.75, 3.05) is 26.2 Å². The van der Waals surface area contributed by atoms with Crippen LogP contribution in [-0.2, 0) is 14.8 Å². The molecule has 0 spiro atoms. The van der Waals surface area contributed by atoms with Gasteiger partial charge in [0.25, 0.3) is 0 Å². The fraction of sp³-hybridized carbons (Fsp3) is 0.647. The second kappa shape index (κ2) is 8.63. The third-order valence-corrected chi connectivity index (χ3v) is 6.84. The van der Waals surface area contributed by atoms with E-state index in [0.29, 0.717) is 37.1 Å². The maximum Gasteiger partial charge on any atom is 0.243 e. The lowest BCUT2D eigenvalue weighted by Gasteiger charge is -2.31. The molecule has 1 aromatic rings. The Morgan fingerprint density at radius 1 is 1.12 bits per heavy atom. The fourth-order valence-corrected chi connectivity index (χ4v) is 5.01. The molecule has 2 fully saturated rings. The molecular formula is C17H27ClN2O3S. The highest BCUT2D eigenvalue weighted by Gasteiger charge is 2.30. The number of hydrogen-bond acceptors (Lipinski definition) is 4. The number of benzene rings is 1. The number of halogens is 1. The van der Waals surface area contributed by atoms with Crippen LogP contribution in [0.4, 0.5) is 0 Å². The first-order valence-electron chi connectivity index (χ1n) is 8.53. The summed E-state index contributed by atoms with van der Waals surface area (Å²) in [5, 5.41) is 0. The Labute approximate surface area is 151 Å². The molecule has 0 aromatic heterocycles. The summed E-state index contributed by atoms with van der Waals surface area (Å²) in [5.74, 6) is 0.588. The lowest BCUT2D eigenvalue weighted by Crippen LogP contribution is -2.48. The molecule has 3 rings (SSSR count). The highest BCUT2D eigenvalue weighted by molar-refractivity contribution is 7.89. The summed E-state index contributed by atoms with van der Waals surface area (Å²) in [6.07, 6.45) is 6.10. The van der Waals surface area contributed by atoms with Gasteiger partial charge in [-0.3, -0.25) is 0 Å². The van der Waals surface area contributed by atoms with Crippen LogP contribution in [0, 0.1) is 0 Å².